The summed E-state index contributed by atoms with van der Waals surface area (Å²) in [6.07, 6.45) is 0.393. The lowest BCUT2D eigenvalue weighted by atomic mass is 9.73. The van der Waals surface area contributed by atoms with Crippen molar-refractivity contribution >= 4 is 37.8 Å². The third-order valence-electron chi connectivity index (χ3n) is 4.00. The van der Waals surface area contributed by atoms with Crippen molar-refractivity contribution in [1.82, 2.24) is 0 Å². The minimum atomic E-state index is -0.869. The molecule has 1 atom stereocenters. The number of aromatic hydroxyl groups is 2. The van der Waals surface area contributed by atoms with E-state index >= 15 is 0 Å². The molecule has 0 aliphatic heterocycles. The number of hydrogen-bond donors (Lipinski definition) is 3. The Kier molecular flexibility index (Phi) is 5.37. The van der Waals surface area contributed by atoms with Crippen LogP contribution in [0.25, 0.3) is 0 Å². The minimum Gasteiger partial charge on any atom is -0.508 e. The number of phenols is 2. The van der Waals surface area contributed by atoms with E-state index in [9.17, 15) is 15.0 Å². The normalized spacial score (nSPS) is 13.5. The van der Waals surface area contributed by atoms with Crippen LogP contribution in [0.5, 0.6) is 11.5 Å². The molecule has 0 saturated heterocycles. The zero-order chi connectivity index (χ0) is 17.2. The van der Waals surface area contributed by atoms with Crippen LogP contribution in [0.15, 0.2) is 45.3 Å². The fourth-order valence-corrected chi connectivity index (χ4v) is 3.71. The highest BCUT2D eigenvalue weighted by atomic mass is 79.9. The molecule has 122 valence electrons. The number of hydrogen-bond acceptors (Lipinski definition) is 3. The number of carboxylic acids is 1. The summed E-state index contributed by atoms with van der Waals surface area (Å²) in [6.45, 7) is 1.95. The van der Waals surface area contributed by atoms with Crippen molar-refractivity contribution in [1.29, 1.82) is 0 Å². The second-order valence-electron chi connectivity index (χ2n) is 5.56. The molecule has 2 aromatic carbocycles. The molecule has 1 unspecified atom stereocenters. The molecule has 3 N–H and O–H groups in total. The van der Waals surface area contributed by atoms with Crippen molar-refractivity contribution in [3.63, 3.8) is 0 Å². The van der Waals surface area contributed by atoms with Crippen molar-refractivity contribution in [2.75, 3.05) is 0 Å². The summed E-state index contributed by atoms with van der Waals surface area (Å²) in [6, 6.07) is 10.3. The standard InChI is InChI=1S/C17H16Br2O4/c1-17(7-6-15(21)22,10-2-4-12(20)5-3-10)11-8-13(18)16(23)14(19)9-11/h2-5,8-9,20,23H,6-7H2,1H3,(H,21,22). The lowest BCUT2D eigenvalue weighted by Gasteiger charge is -2.31. The SMILES string of the molecule is CC(CCC(=O)O)(c1ccc(O)cc1)c1cc(Br)c(O)c(Br)c1. The summed E-state index contributed by atoms with van der Waals surface area (Å²) in [4.78, 5) is 11.1. The van der Waals surface area contributed by atoms with Crippen molar-refractivity contribution < 1.29 is 20.1 Å². The second kappa shape index (κ2) is 6.93. The number of benzene rings is 2. The van der Waals surface area contributed by atoms with Crippen LogP contribution >= 0.6 is 31.9 Å². The van der Waals surface area contributed by atoms with Crippen LogP contribution in [0.3, 0.4) is 0 Å². The van der Waals surface area contributed by atoms with E-state index in [-0.39, 0.29) is 17.9 Å². The fourth-order valence-electron chi connectivity index (χ4n) is 2.53. The Hall–Kier alpha value is -1.53. The maximum atomic E-state index is 11.1. The number of carbonyl (C=O) groups is 1. The lowest BCUT2D eigenvalue weighted by Crippen LogP contribution is -2.25. The van der Waals surface area contributed by atoms with Gasteiger partial charge in [0.05, 0.1) is 8.95 Å². The van der Waals surface area contributed by atoms with Crippen LogP contribution in [-0.4, -0.2) is 21.3 Å². The zero-order valence-electron chi connectivity index (χ0n) is 12.4. The largest absolute Gasteiger partial charge is 0.508 e. The van der Waals surface area contributed by atoms with Gasteiger partial charge in [-0.25, -0.2) is 0 Å². The summed E-state index contributed by atoms with van der Waals surface area (Å²) in [5.41, 5.74) is 1.17. The first kappa shape index (κ1) is 17.8. The smallest absolute Gasteiger partial charge is 0.303 e. The fraction of sp³-hybridized carbons (Fsp3) is 0.235. The van der Waals surface area contributed by atoms with E-state index < -0.39 is 11.4 Å². The highest BCUT2D eigenvalue weighted by Crippen LogP contribution is 2.42. The molecule has 0 saturated carbocycles. The molecule has 0 radical (unpaired) electrons. The predicted molar refractivity (Wildman–Crippen MR) is 94.9 cm³/mol. The highest BCUT2D eigenvalue weighted by molar-refractivity contribution is 9.11. The van der Waals surface area contributed by atoms with Gasteiger partial charge in [-0.05, 0) is 73.7 Å². The Morgan fingerprint density at radius 3 is 2.04 bits per heavy atom. The maximum Gasteiger partial charge on any atom is 0.303 e. The van der Waals surface area contributed by atoms with Crippen LogP contribution in [0.1, 0.15) is 30.9 Å². The van der Waals surface area contributed by atoms with Crippen LogP contribution in [-0.2, 0) is 10.2 Å². The van der Waals surface area contributed by atoms with Gasteiger partial charge in [-0.2, -0.15) is 0 Å². The summed E-state index contributed by atoms with van der Waals surface area (Å²) in [5.74, 6) is -0.616. The van der Waals surface area contributed by atoms with Gasteiger partial charge in [0.25, 0.3) is 0 Å². The van der Waals surface area contributed by atoms with E-state index in [1.807, 2.05) is 6.92 Å². The number of halogens is 2. The summed E-state index contributed by atoms with van der Waals surface area (Å²) in [7, 11) is 0. The van der Waals surface area contributed by atoms with Crippen molar-refractivity contribution in [3.8, 4) is 11.5 Å². The average molecular weight is 444 g/mol. The molecule has 0 aliphatic carbocycles. The van der Waals surface area contributed by atoms with E-state index in [2.05, 4.69) is 31.9 Å². The molecule has 23 heavy (non-hydrogen) atoms. The molecule has 6 heteroatoms. The number of aliphatic carboxylic acids is 1. The van der Waals surface area contributed by atoms with Gasteiger partial charge in [0, 0.05) is 11.8 Å². The molecule has 0 aromatic heterocycles. The first-order chi connectivity index (χ1) is 10.7. The molecule has 0 heterocycles. The summed E-state index contributed by atoms with van der Waals surface area (Å²) < 4.78 is 1.06. The minimum absolute atomic E-state index is 0.00743. The lowest BCUT2D eigenvalue weighted by molar-refractivity contribution is -0.137. The van der Waals surface area contributed by atoms with Crippen LogP contribution < -0.4 is 0 Å². The van der Waals surface area contributed by atoms with Gasteiger partial charge in [-0.1, -0.05) is 19.1 Å². The molecule has 2 aromatic rings. The van der Waals surface area contributed by atoms with E-state index in [0.717, 1.165) is 11.1 Å². The van der Waals surface area contributed by atoms with Gasteiger partial charge < -0.3 is 15.3 Å². The number of phenolic OH excluding ortho intramolecular Hbond substituents is 2. The summed E-state index contributed by atoms with van der Waals surface area (Å²) in [5, 5.41) is 28.5. The van der Waals surface area contributed by atoms with E-state index in [4.69, 9.17) is 5.11 Å². The molecule has 0 fully saturated rings. The molecule has 0 aliphatic rings. The Morgan fingerprint density at radius 2 is 1.57 bits per heavy atom. The number of rotatable bonds is 5. The summed E-state index contributed by atoms with van der Waals surface area (Å²) >= 11 is 6.63. The molecule has 0 amide bonds. The third kappa shape index (κ3) is 3.87. The van der Waals surface area contributed by atoms with Gasteiger partial charge >= 0.3 is 5.97 Å². The monoisotopic (exact) mass is 442 g/mol. The average Bonchev–Trinajstić information content (AvgIpc) is 2.50. The predicted octanol–water partition coefficient (Wildman–Crippen LogP) is 4.79. The van der Waals surface area contributed by atoms with E-state index in [1.165, 1.54) is 0 Å². The van der Waals surface area contributed by atoms with Gasteiger partial charge in [0.2, 0.25) is 0 Å². The number of carboxylic acid groups (broad SMARTS) is 1. The Balaban J connectivity index is 2.57. The van der Waals surface area contributed by atoms with Gasteiger partial charge in [-0.15, -0.1) is 0 Å². The van der Waals surface area contributed by atoms with Crippen LogP contribution in [0.2, 0.25) is 0 Å². The van der Waals surface area contributed by atoms with Crippen molar-refractivity contribution in [2.45, 2.75) is 25.2 Å². The Bertz CT molecular complexity index is 705. The van der Waals surface area contributed by atoms with Gasteiger partial charge in [0.1, 0.15) is 11.5 Å². The molecule has 0 bridgehead atoms. The third-order valence-corrected chi connectivity index (χ3v) is 5.21. The first-order valence-electron chi connectivity index (χ1n) is 6.94. The maximum absolute atomic E-state index is 11.1. The molecule has 4 nitrogen and oxygen atoms in total. The highest BCUT2D eigenvalue weighted by Gasteiger charge is 2.31. The molecular formula is C17H16Br2O4. The van der Waals surface area contributed by atoms with Crippen molar-refractivity contribution in [2.24, 2.45) is 0 Å². The topological polar surface area (TPSA) is 77.8 Å². The van der Waals surface area contributed by atoms with E-state index in [0.29, 0.717) is 15.4 Å². The second-order valence-corrected chi connectivity index (χ2v) is 7.27. The molecule has 0 spiro atoms. The quantitative estimate of drug-likeness (QED) is 0.620. The Labute approximate surface area is 151 Å². The Morgan fingerprint density at radius 1 is 1.04 bits per heavy atom. The zero-order valence-corrected chi connectivity index (χ0v) is 15.6. The molecule has 2 rings (SSSR count). The first-order valence-corrected chi connectivity index (χ1v) is 8.52. The van der Waals surface area contributed by atoms with E-state index in [1.54, 1.807) is 36.4 Å². The van der Waals surface area contributed by atoms with Crippen LogP contribution in [0, 0.1) is 0 Å². The molecular weight excluding hydrogens is 428 g/mol. The van der Waals surface area contributed by atoms with Gasteiger partial charge in [-0.3, -0.25) is 4.79 Å². The van der Waals surface area contributed by atoms with Crippen molar-refractivity contribution in [3.05, 3.63) is 56.5 Å². The van der Waals surface area contributed by atoms with Gasteiger partial charge in [0.15, 0.2) is 0 Å². The van der Waals surface area contributed by atoms with Crippen LogP contribution in [0.4, 0.5) is 0 Å².